The van der Waals surface area contributed by atoms with E-state index in [1.165, 1.54) is 16.9 Å². The molecule has 0 radical (unpaired) electrons. The number of hydrogen-bond donors (Lipinski definition) is 1. The first-order valence-corrected chi connectivity index (χ1v) is 8.95. The number of anilines is 2. The minimum Gasteiger partial charge on any atom is -0.312 e. The Morgan fingerprint density at radius 3 is 2.62 bits per heavy atom. The van der Waals surface area contributed by atoms with Crippen molar-refractivity contribution in [1.82, 2.24) is 10.2 Å². The molecule has 1 saturated heterocycles. The van der Waals surface area contributed by atoms with Gasteiger partial charge in [0.2, 0.25) is 16.9 Å². The van der Waals surface area contributed by atoms with Crippen LogP contribution in [-0.2, 0) is 22.4 Å². The Bertz CT molecular complexity index is 741. The first-order valence-electron chi connectivity index (χ1n) is 8.13. The lowest BCUT2D eigenvalue weighted by atomic mass is 10.1. The van der Waals surface area contributed by atoms with Crippen LogP contribution in [0.5, 0.6) is 0 Å². The molecule has 1 aliphatic rings. The minimum absolute atomic E-state index is 0.0223. The van der Waals surface area contributed by atoms with Crippen molar-refractivity contribution in [3.05, 3.63) is 34.8 Å². The Kier molecular flexibility index (Phi) is 4.89. The minimum atomic E-state index is -0.364. The second-order valence-electron chi connectivity index (χ2n) is 5.77. The zero-order valence-electron chi connectivity index (χ0n) is 13.8. The van der Waals surface area contributed by atoms with Gasteiger partial charge in [0.25, 0.3) is 0 Å². The van der Waals surface area contributed by atoms with E-state index in [0.717, 1.165) is 23.5 Å². The van der Waals surface area contributed by atoms with Crippen molar-refractivity contribution in [2.24, 2.45) is 5.92 Å². The number of rotatable bonds is 5. The molecule has 7 heteroatoms. The lowest BCUT2D eigenvalue weighted by Crippen LogP contribution is -2.28. The summed E-state index contributed by atoms with van der Waals surface area (Å²) in [6.07, 6.45) is 1.97. The van der Waals surface area contributed by atoms with Gasteiger partial charge in [-0.1, -0.05) is 37.3 Å². The molecular formula is C17H20N4O2S. The van der Waals surface area contributed by atoms with Gasteiger partial charge in [0.05, 0.1) is 5.92 Å². The number of aromatic nitrogens is 2. The van der Waals surface area contributed by atoms with E-state index < -0.39 is 0 Å². The lowest BCUT2D eigenvalue weighted by molar-refractivity contribution is -0.122. The van der Waals surface area contributed by atoms with E-state index in [9.17, 15) is 9.59 Å². The molecule has 6 nitrogen and oxygen atoms in total. The highest BCUT2D eigenvalue weighted by Gasteiger charge is 2.35. The average molecular weight is 344 g/mol. The molecule has 0 bridgehead atoms. The second kappa shape index (κ2) is 7.09. The zero-order valence-corrected chi connectivity index (χ0v) is 14.6. The highest BCUT2D eigenvalue weighted by Crippen LogP contribution is 2.27. The van der Waals surface area contributed by atoms with Crippen molar-refractivity contribution in [3.8, 4) is 0 Å². The summed E-state index contributed by atoms with van der Waals surface area (Å²) in [5.41, 5.74) is 2.07. The molecular weight excluding hydrogens is 324 g/mol. The molecule has 1 aliphatic heterocycles. The van der Waals surface area contributed by atoms with Crippen molar-refractivity contribution >= 4 is 34.0 Å². The van der Waals surface area contributed by atoms with Crippen LogP contribution in [0.4, 0.5) is 10.8 Å². The molecule has 1 fully saturated rings. The Balaban J connectivity index is 1.65. The van der Waals surface area contributed by atoms with Crippen molar-refractivity contribution in [2.75, 3.05) is 16.8 Å². The molecule has 1 aromatic carbocycles. The van der Waals surface area contributed by atoms with Gasteiger partial charge in [0.1, 0.15) is 5.01 Å². The van der Waals surface area contributed by atoms with E-state index in [1.54, 1.807) is 4.90 Å². The summed E-state index contributed by atoms with van der Waals surface area (Å²) in [5.74, 6) is -0.557. The maximum Gasteiger partial charge on any atom is 0.231 e. The number of carbonyl (C=O) groups excluding carboxylic acids is 2. The quantitative estimate of drug-likeness (QED) is 0.905. The van der Waals surface area contributed by atoms with Gasteiger partial charge in [-0.15, -0.1) is 10.2 Å². The van der Waals surface area contributed by atoms with Crippen LogP contribution in [0.15, 0.2) is 24.3 Å². The largest absolute Gasteiger partial charge is 0.312 e. The highest BCUT2D eigenvalue weighted by molar-refractivity contribution is 7.15. The molecule has 1 N–H and O–H groups in total. The van der Waals surface area contributed by atoms with Gasteiger partial charge in [0, 0.05) is 18.7 Å². The number of nitrogens with zero attached hydrogens (tertiary/aromatic N) is 3. The topological polar surface area (TPSA) is 75.2 Å². The smallest absolute Gasteiger partial charge is 0.231 e. The predicted octanol–water partition coefficient (Wildman–Crippen LogP) is 2.65. The molecule has 0 unspecified atom stereocenters. The standard InChI is InChI=1S/C17H20N4O2S/c1-3-11-5-7-13(8-6-11)21-10-12(9-15(21)22)16(23)18-17-20-19-14(4-2)24-17/h5-8,12H,3-4,9-10H2,1-2H3,(H,18,20,23)/t12-/m0/s1. The van der Waals surface area contributed by atoms with Gasteiger partial charge in [-0.3, -0.25) is 9.59 Å². The summed E-state index contributed by atoms with van der Waals surface area (Å²) in [6.45, 7) is 4.48. The van der Waals surface area contributed by atoms with Crippen LogP contribution in [0, 0.1) is 5.92 Å². The Hall–Kier alpha value is -2.28. The van der Waals surface area contributed by atoms with Crippen molar-refractivity contribution in [1.29, 1.82) is 0 Å². The molecule has 1 aromatic heterocycles. The van der Waals surface area contributed by atoms with E-state index in [0.29, 0.717) is 11.7 Å². The third-order valence-corrected chi connectivity index (χ3v) is 5.13. The Labute approximate surface area is 144 Å². The van der Waals surface area contributed by atoms with Crippen molar-refractivity contribution in [2.45, 2.75) is 33.1 Å². The molecule has 3 rings (SSSR count). The van der Waals surface area contributed by atoms with Crippen LogP contribution in [0.3, 0.4) is 0 Å². The van der Waals surface area contributed by atoms with Gasteiger partial charge in [-0.2, -0.15) is 0 Å². The van der Waals surface area contributed by atoms with E-state index in [1.807, 2.05) is 31.2 Å². The fourth-order valence-corrected chi connectivity index (χ4v) is 3.38. The van der Waals surface area contributed by atoms with E-state index in [2.05, 4.69) is 22.4 Å². The number of benzene rings is 1. The molecule has 2 amide bonds. The summed E-state index contributed by atoms with van der Waals surface area (Å²) in [5, 5.41) is 12.1. The molecule has 1 atom stereocenters. The van der Waals surface area contributed by atoms with Gasteiger partial charge < -0.3 is 10.2 Å². The van der Waals surface area contributed by atoms with Crippen molar-refractivity contribution in [3.63, 3.8) is 0 Å². The van der Waals surface area contributed by atoms with Crippen LogP contribution in [0.1, 0.15) is 30.8 Å². The molecule has 0 spiro atoms. The summed E-state index contributed by atoms with van der Waals surface area (Å²) >= 11 is 1.37. The van der Waals surface area contributed by atoms with Crippen LogP contribution in [0.25, 0.3) is 0 Å². The van der Waals surface area contributed by atoms with Gasteiger partial charge >= 0.3 is 0 Å². The van der Waals surface area contributed by atoms with Crippen LogP contribution in [0.2, 0.25) is 0 Å². The lowest BCUT2D eigenvalue weighted by Gasteiger charge is -2.16. The third-order valence-electron chi connectivity index (χ3n) is 4.15. The Morgan fingerprint density at radius 1 is 1.25 bits per heavy atom. The molecule has 2 aromatic rings. The molecule has 0 saturated carbocycles. The predicted molar refractivity (Wildman–Crippen MR) is 94.2 cm³/mol. The zero-order chi connectivity index (χ0) is 17.1. The number of amides is 2. The molecule has 2 heterocycles. The first-order chi connectivity index (χ1) is 11.6. The summed E-state index contributed by atoms with van der Waals surface area (Å²) < 4.78 is 0. The molecule has 0 aliphatic carbocycles. The highest BCUT2D eigenvalue weighted by atomic mass is 32.1. The third kappa shape index (κ3) is 3.46. The summed E-state index contributed by atoms with van der Waals surface area (Å²) in [7, 11) is 0. The number of hydrogen-bond acceptors (Lipinski definition) is 5. The van der Waals surface area contributed by atoms with Crippen LogP contribution < -0.4 is 10.2 Å². The Morgan fingerprint density at radius 2 is 2.00 bits per heavy atom. The number of nitrogens with one attached hydrogen (secondary N) is 1. The molecule has 126 valence electrons. The summed E-state index contributed by atoms with van der Waals surface area (Å²) in [6, 6.07) is 7.91. The molecule has 24 heavy (non-hydrogen) atoms. The fraction of sp³-hybridized carbons (Fsp3) is 0.412. The first kappa shape index (κ1) is 16.6. The number of aryl methyl sites for hydroxylation is 2. The van der Waals surface area contributed by atoms with Crippen LogP contribution >= 0.6 is 11.3 Å². The van der Waals surface area contributed by atoms with Gasteiger partial charge in [0.15, 0.2) is 0 Å². The maximum absolute atomic E-state index is 12.4. The SMILES string of the molecule is CCc1ccc(N2C[C@@H](C(=O)Nc3nnc(CC)s3)CC2=O)cc1. The van der Waals surface area contributed by atoms with Crippen molar-refractivity contribution < 1.29 is 9.59 Å². The van der Waals surface area contributed by atoms with Crippen LogP contribution in [-0.4, -0.2) is 28.6 Å². The van der Waals surface area contributed by atoms with Gasteiger partial charge in [-0.05, 0) is 30.5 Å². The summed E-state index contributed by atoms with van der Waals surface area (Å²) in [4.78, 5) is 26.3. The second-order valence-corrected chi connectivity index (χ2v) is 6.83. The normalized spacial score (nSPS) is 17.3. The van der Waals surface area contributed by atoms with E-state index in [-0.39, 0.29) is 24.2 Å². The average Bonchev–Trinajstić information content (AvgIpc) is 3.21. The monoisotopic (exact) mass is 344 g/mol. The van der Waals surface area contributed by atoms with E-state index in [4.69, 9.17) is 0 Å². The number of carbonyl (C=O) groups is 2. The van der Waals surface area contributed by atoms with Gasteiger partial charge in [-0.25, -0.2) is 0 Å². The maximum atomic E-state index is 12.4. The van der Waals surface area contributed by atoms with E-state index >= 15 is 0 Å². The fourth-order valence-electron chi connectivity index (χ4n) is 2.70.